The second-order valence-corrected chi connectivity index (χ2v) is 5.54. The number of rotatable bonds is 3. The second kappa shape index (κ2) is 5.11. The first-order valence-electron chi connectivity index (χ1n) is 6.71. The van der Waals surface area contributed by atoms with Crippen molar-refractivity contribution in [2.75, 3.05) is 19.0 Å². The Morgan fingerprint density at radius 2 is 1.84 bits per heavy atom. The Kier molecular flexibility index (Phi) is 3.69. The van der Waals surface area contributed by atoms with E-state index in [0.717, 1.165) is 24.9 Å². The number of phenols is 1. The average Bonchev–Trinajstić information content (AvgIpc) is 2.39. The van der Waals surface area contributed by atoms with Crippen molar-refractivity contribution in [3.63, 3.8) is 0 Å². The third-order valence-electron chi connectivity index (χ3n) is 4.13. The van der Waals surface area contributed by atoms with Gasteiger partial charge in [0.1, 0.15) is 5.75 Å². The summed E-state index contributed by atoms with van der Waals surface area (Å²) in [7, 11) is 3.81. The van der Waals surface area contributed by atoms with Gasteiger partial charge in [-0.05, 0) is 31.0 Å². The molecule has 4 heteroatoms. The van der Waals surface area contributed by atoms with Crippen LogP contribution in [0.5, 0.6) is 5.75 Å². The molecule has 0 heterocycles. The van der Waals surface area contributed by atoms with Gasteiger partial charge in [-0.3, -0.25) is 4.79 Å². The number of carbonyl (C=O) groups is 1. The first-order chi connectivity index (χ1) is 8.97. The summed E-state index contributed by atoms with van der Waals surface area (Å²) in [5.41, 5.74) is 0.554. The van der Waals surface area contributed by atoms with Crippen molar-refractivity contribution in [1.29, 1.82) is 0 Å². The summed E-state index contributed by atoms with van der Waals surface area (Å²) < 4.78 is 0. The van der Waals surface area contributed by atoms with Crippen LogP contribution in [-0.2, 0) is 10.2 Å². The van der Waals surface area contributed by atoms with Crippen LogP contribution in [-0.4, -0.2) is 30.3 Å². The zero-order valence-electron chi connectivity index (χ0n) is 11.5. The lowest BCUT2D eigenvalue weighted by molar-refractivity contribution is -0.145. The molecule has 104 valence electrons. The zero-order chi connectivity index (χ0) is 14.0. The minimum atomic E-state index is -0.922. The summed E-state index contributed by atoms with van der Waals surface area (Å²) in [6.07, 6.45) is 4.08. The molecule has 0 spiro atoms. The predicted molar refractivity (Wildman–Crippen MR) is 74.8 cm³/mol. The molecule has 19 heavy (non-hydrogen) atoms. The zero-order valence-corrected chi connectivity index (χ0v) is 11.5. The number of nitrogens with zero attached hydrogens (tertiary/aromatic N) is 1. The molecule has 0 radical (unpaired) electrons. The smallest absolute Gasteiger partial charge is 0.314 e. The molecule has 1 saturated carbocycles. The summed E-state index contributed by atoms with van der Waals surface area (Å²) in [5.74, 6) is -0.728. The number of carboxylic acids is 1. The van der Waals surface area contributed by atoms with Crippen LogP contribution in [0.15, 0.2) is 18.2 Å². The van der Waals surface area contributed by atoms with Gasteiger partial charge in [-0.25, -0.2) is 0 Å². The van der Waals surface area contributed by atoms with Crippen LogP contribution in [0.25, 0.3) is 0 Å². The first-order valence-corrected chi connectivity index (χ1v) is 6.71. The van der Waals surface area contributed by atoms with Crippen molar-refractivity contribution in [2.45, 2.75) is 37.5 Å². The molecule has 1 fully saturated rings. The Balaban J connectivity index is 2.52. The van der Waals surface area contributed by atoms with Crippen molar-refractivity contribution in [1.82, 2.24) is 0 Å². The minimum Gasteiger partial charge on any atom is -0.508 e. The van der Waals surface area contributed by atoms with E-state index in [1.807, 2.05) is 25.1 Å². The molecule has 0 aromatic heterocycles. The lowest BCUT2D eigenvalue weighted by Crippen LogP contribution is -2.38. The van der Waals surface area contributed by atoms with E-state index in [1.54, 1.807) is 12.1 Å². The van der Waals surface area contributed by atoms with E-state index in [0.29, 0.717) is 18.4 Å². The molecular weight excluding hydrogens is 242 g/mol. The molecule has 0 unspecified atom stereocenters. The van der Waals surface area contributed by atoms with E-state index in [9.17, 15) is 15.0 Å². The van der Waals surface area contributed by atoms with E-state index in [2.05, 4.69) is 0 Å². The van der Waals surface area contributed by atoms with Crippen LogP contribution in [0.2, 0.25) is 0 Å². The fourth-order valence-corrected chi connectivity index (χ4v) is 2.94. The monoisotopic (exact) mass is 263 g/mol. The SMILES string of the molecule is CN(C)c1ccc(O)c(C2(C(=O)O)CCCCC2)c1. The van der Waals surface area contributed by atoms with Crippen LogP contribution in [0.4, 0.5) is 5.69 Å². The Morgan fingerprint density at radius 3 is 2.37 bits per heavy atom. The molecule has 1 aliphatic carbocycles. The van der Waals surface area contributed by atoms with E-state index in [4.69, 9.17) is 0 Å². The number of benzene rings is 1. The Labute approximate surface area is 113 Å². The lowest BCUT2D eigenvalue weighted by atomic mass is 9.69. The van der Waals surface area contributed by atoms with Gasteiger partial charge in [-0.1, -0.05) is 19.3 Å². The second-order valence-electron chi connectivity index (χ2n) is 5.54. The van der Waals surface area contributed by atoms with Crippen molar-refractivity contribution < 1.29 is 15.0 Å². The topological polar surface area (TPSA) is 60.8 Å². The molecule has 0 saturated heterocycles. The van der Waals surface area contributed by atoms with Gasteiger partial charge in [0, 0.05) is 25.3 Å². The Morgan fingerprint density at radius 1 is 1.21 bits per heavy atom. The number of aliphatic carboxylic acids is 1. The molecule has 1 aliphatic rings. The van der Waals surface area contributed by atoms with Gasteiger partial charge in [0.05, 0.1) is 5.41 Å². The summed E-state index contributed by atoms with van der Waals surface area (Å²) >= 11 is 0. The highest BCUT2D eigenvalue weighted by molar-refractivity contribution is 5.83. The molecule has 0 bridgehead atoms. The largest absolute Gasteiger partial charge is 0.508 e. The molecule has 2 rings (SSSR count). The number of hydrogen-bond donors (Lipinski definition) is 2. The Bertz CT molecular complexity index is 476. The first kappa shape index (κ1) is 13.7. The van der Waals surface area contributed by atoms with Gasteiger partial charge >= 0.3 is 5.97 Å². The molecule has 1 aromatic rings. The third-order valence-corrected chi connectivity index (χ3v) is 4.13. The molecule has 2 N–H and O–H groups in total. The maximum Gasteiger partial charge on any atom is 0.314 e. The summed E-state index contributed by atoms with van der Waals surface area (Å²) in [5, 5.41) is 19.8. The minimum absolute atomic E-state index is 0.0925. The highest BCUT2D eigenvalue weighted by Gasteiger charge is 2.43. The van der Waals surface area contributed by atoms with Crippen molar-refractivity contribution >= 4 is 11.7 Å². The van der Waals surface area contributed by atoms with Crippen LogP contribution >= 0.6 is 0 Å². The van der Waals surface area contributed by atoms with Crippen LogP contribution in [0.3, 0.4) is 0 Å². The fourth-order valence-electron chi connectivity index (χ4n) is 2.94. The highest BCUT2D eigenvalue weighted by atomic mass is 16.4. The fraction of sp³-hybridized carbons (Fsp3) is 0.533. The maximum atomic E-state index is 11.8. The van der Waals surface area contributed by atoms with E-state index in [-0.39, 0.29) is 5.75 Å². The maximum absolute atomic E-state index is 11.8. The van der Waals surface area contributed by atoms with Crippen LogP contribution < -0.4 is 4.90 Å². The molecule has 0 atom stereocenters. The summed E-state index contributed by atoms with van der Waals surface area (Å²) in [4.78, 5) is 13.7. The number of carboxylic acid groups (broad SMARTS) is 1. The standard InChI is InChI=1S/C15H21NO3/c1-16(2)11-6-7-13(17)12(10-11)15(14(18)19)8-4-3-5-9-15/h6-7,10,17H,3-5,8-9H2,1-2H3,(H,18,19). The van der Waals surface area contributed by atoms with Crippen molar-refractivity contribution in [2.24, 2.45) is 0 Å². The van der Waals surface area contributed by atoms with E-state index >= 15 is 0 Å². The van der Waals surface area contributed by atoms with Crippen molar-refractivity contribution in [3.05, 3.63) is 23.8 Å². The average molecular weight is 263 g/mol. The van der Waals surface area contributed by atoms with Gasteiger partial charge < -0.3 is 15.1 Å². The van der Waals surface area contributed by atoms with Gasteiger partial charge in [0.2, 0.25) is 0 Å². The van der Waals surface area contributed by atoms with Gasteiger partial charge in [0.15, 0.2) is 0 Å². The van der Waals surface area contributed by atoms with Crippen molar-refractivity contribution in [3.8, 4) is 5.75 Å². The van der Waals surface area contributed by atoms with Gasteiger partial charge in [-0.2, -0.15) is 0 Å². The van der Waals surface area contributed by atoms with Crippen LogP contribution in [0.1, 0.15) is 37.7 Å². The highest BCUT2D eigenvalue weighted by Crippen LogP contribution is 2.44. The molecule has 0 amide bonds. The number of phenolic OH excluding ortho intramolecular Hbond substituents is 1. The number of hydrogen-bond acceptors (Lipinski definition) is 3. The summed E-state index contributed by atoms with van der Waals surface area (Å²) in [6, 6.07) is 5.22. The molecule has 0 aliphatic heterocycles. The van der Waals surface area contributed by atoms with Gasteiger partial charge in [0.25, 0.3) is 0 Å². The quantitative estimate of drug-likeness (QED) is 0.880. The third kappa shape index (κ3) is 2.39. The normalized spacial score (nSPS) is 18.0. The molecular formula is C15H21NO3. The van der Waals surface area contributed by atoms with E-state index < -0.39 is 11.4 Å². The lowest BCUT2D eigenvalue weighted by Gasteiger charge is -2.34. The number of aromatic hydroxyl groups is 1. The predicted octanol–water partition coefficient (Wildman–Crippen LogP) is 2.74. The van der Waals surface area contributed by atoms with Crippen LogP contribution in [0, 0.1) is 0 Å². The Hall–Kier alpha value is -1.71. The molecule has 4 nitrogen and oxygen atoms in total. The number of anilines is 1. The van der Waals surface area contributed by atoms with E-state index in [1.165, 1.54) is 0 Å². The summed E-state index contributed by atoms with van der Waals surface area (Å²) in [6.45, 7) is 0. The van der Waals surface area contributed by atoms with Gasteiger partial charge in [-0.15, -0.1) is 0 Å². The molecule has 1 aromatic carbocycles.